The van der Waals surface area contributed by atoms with Crippen LogP contribution in [0.3, 0.4) is 0 Å². The second-order valence-corrected chi connectivity index (χ2v) is 6.60. The van der Waals surface area contributed by atoms with Gasteiger partial charge in [-0.25, -0.2) is 4.79 Å². The smallest absolute Gasteiger partial charge is 0.315 e. The van der Waals surface area contributed by atoms with Gasteiger partial charge in [-0.05, 0) is 56.8 Å². The molecule has 20 heavy (non-hydrogen) atoms. The van der Waals surface area contributed by atoms with E-state index in [1.165, 1.54) is 44.1 Å². The molecule has 0 heterocycles. The number of unbranched alkanes of at least 4 members (excludes halogenated alkanes) is 1. The molecule has 110 valence electrons. The van der Waals surface area contributed by atoms with Gasteiger partial charge < -0.3 is 10.6 Å². The summed E-state index contributed by atoms with van der Waals surface area (Å²) in [5.74, 6) is 1.64. The lowest BCUT2D eigenvalue weighted by Crippen LogP contribution is -2.44. The Morgan fingerprint density at radius 2 is 2.20 bits per heavy atom. The molecule has 2 N–H and O–H groups in total. The summed E-state index contributed by atoms with van der Waals surface area (Å²) in [6, 6.07) is 0.493. The lowest BCUT2D eigenvalue weighted by molar-refractivity contribution is 0.230. The standard InChI is InChI=1S/C17H26N2O/c20-17(19-16-12-14-8-9-15(16)11-14)18-10-4-3-7-13-5-1-2-6-13/h1-2,5,14-16H,3-4,6-12H2,(H2,18,19,20). The molecule has 3 nitrogen and oxygen atoms in total. The molecule has 0 aromatic carbocycles. The topological polar surface area (TPSA) is 41.1 Å². The third-order valence-electron chi connectivity index (χ3n) is 5.11. The summed E-state index contributed by atoms with van der Waals surface area (Å²) in [5, 5.41) is 6.18. The average Bonchev–Trinajstić information content (AvgIpc) is 3.15. The minimum atomic E-state index is 0.0456. The van der Waals surface area contributed by atoms with Gasteiger partial charge in [0.1, 0.15) is 0 Å². The Morgan fingerprint density at radius 3 is 2.90 bits per heavy atom. The second kappa shape index (κ2) is 6.47. The first-order valence-electron chi connectivity index (χ1n) is 8.20. The van der Waals surface area contributed by atoms with Crippen LogP contribution in [0.25, 0.3) is 0 Å². The molecule has 2 amide bonds. The van der Waals surface area contributed by atoms with E-state index in [0.29, 0.717) is 6.04 Å². The number of allylic oxidation sites excluding steroid dienone is 4. The molecule has 3 aliphatic rings. The van der Waals surface area contributed by atoms with E-state index in [0.717, 1.165) is 31.2 Å². The lowest BCUT2D eigenvalue weighted by Gasteiger charge is -2.23. The van der Waals surface area contributed by atoms with Crippen LogP contribution < -0.4 is 10.6 Å². The molecule has 0 spiro atoms. The molecule has 3 atom stereocenters. The highest BCUT2D eigenvalue weighted by Crippen LogP contribution is 2.44. The Kier molecular flexibility index (Phi) is 4.44. The summed E-state index contributed by atoms with van der Waals surface area (Å²) in [7, 11) is 0. The van der Waals surface area contributed by atoms with E-state index in [4.69, 9.17) is 0 Å². The zero-order valence-corrected chi connectivity index (χ0v) is 12.2. The highest BCUT2D eigenvalue weighted by atomic mass is 16.2. The molecule has 3 aliphatic carbocycles. The first kappa shape index (κ1) is 13.7. The highest BCUT2D eigenvalue weighted by Gasteiger charge is 2.39. The van der Waals surface area contributed by atoms with Gasteiger partial charge in [0.05, 0.1) is 0 Å². The fraction of sp³-hybridized carbons (Fsp3) is 0.706. The fourth-order valence-electron chi connectivity index (χ4n) is 4.00. The van der Waals surface area contributed by atoms with Crippen LogP contribution in [0.2, 0.25) is 0 Å². The van der Waals surface area contributed by atoms with Crippen molar-refractivity contribution >= 4 is 6.03 Å². The number of hydrogen-bond acceptors (Lipinski definition) is 1. The van der Waals surface area contributed by atoms with E-state index in [9.17, 15) is 4.79 Å². The molecule has 2 bridgehead atoms. The maximum Gasteiger partial charge on any atom is 0.315 e. The first-order chi connectivity index (χ1) is 9.81. The van der Waals surface area contributed by atoms with Crippen molar-refractivity contribution < 1.29 is 4.79 Å². The Bertz CT molecular complexity index is 413. The number of rotatable bonds is 6. The number of nitrogens with one attached hydrogen (secondary N) is 2. The van der Waals surface area contributed by atoms with Crippen molar-refractivity contribution in [2.45, 2.75) is 57.4 Å². The summed E-state index contributed by atoms with van der Waals surface area (Å²) < 4.78 is 0. The molecule has 0 saturated heterocycles. The molecule has 3 heteroatoms. The van der Waals surface area contributed by atoms with Crippen LogP contribution in [-0.4, -0.2) is 18.6 Å². The number of carbonyl (C=O) groups excluding carboxylic acids is 1. The summed E-state index contributed by atoms with van der Waals surface area (Å²) >= 11 is 0. The number of urea groups is 1. The van der Waals surface area contributed by atoms with Crippen molar-refractivity contribution in [2.24, 2.45) is 11.8 Å². The number of hydrogen-bond donors (Lipinski definition) is 2. The third-order valence-corrected chi connectivity index (χ3v) is 5.11. The molecule has 0 radical (unpaired) electrons. The molecule has 3 unspecified atom stereocenters. The summed E-state index contributed by atoms with van der Waals surface area (Å²) in [6.45, 7) is 0.799. The molecular weight excluding hydrogens is 248 g/mol. The lowest BCUT2D eigenvalue weighted by atomic mass is 9.95. The van der Waals surface area contributed by atoms with E-state index >= 15 is 0 Å². The monoisotopic (exact) mass is 274 g/mol. The van der Waals surface area contributed by atoms with Gasteiger partial charge in [0, 0.05) is 12.6 Å². The van der Waals surface area contributed by atoms with E-state index in [1.807, 2.05) is 0 Å². The van der Waals surface area contributed by atoms with Gasteiger partial charge in [0.2, 0.25) is 0 Å². The SMILES string of the molecule is O=C(NCCCCC1=CC=CC1)NC1CC2CCC1C2. The van der Waals surface area contributed by atoms with Crippen molar-refractivity contribution in [3.8, 4) is 0 Å². The van der Waals surface area contributed by atoms with Gasteiger partial charge in [-0.1, -0.05) is 30.2 Å². The number of carbonyl (C=O) groups is 1. The second-order valence-electron chi connectivity index (χ2n) is 6.60. The molecule has 0 aromatic heterocycles. The van der Waals surface area contributed by atoms with Crippen molar-refractivity contribution in [1.82, 2.24) is 10.6 Å². The normalized spacial score (nSPS) is 30.6. The van der Waals surface area contributed by atoms with E-state index in [2.05, 4.69) is 28.9 Å². The van der Waals surface area contributed by atoms with Crippen LogP contribution in [0.1, 0.15) is 51.4 Å². The van der Waals surface area contributed by atoms with Crippen LogP contribution in [0.4, 0.5) is 4.79 Å². The average molecular weight is 274 g/mol. The Morgan fingerprint density at radius 1 is 1.25 bits per heavy atom. The van der Waals surface area contributed by atoms with E-state index in [1.54, 1.807) is 0 Å². The zero-order valence-electron chi connectivity index (χ0n) is 12.2. The summed E-state index contributed by atoms with van der Waals surface area (Å²) in [5.41, 5.74) is 1.52. The predicted octanol–water partition coefficient (Wildman–Crippen LogP) is 3.53. The number of amides is 2. The summed E-state index contributed by atoms with van der Waals surface area (Å²) in [6.07, 6.45) is 16.3. The molecule has 2 fully saturated rings. The maximum atomic E-state index is 11.9. The van der Waals surface area contributed by atoms with Gasteiger partial charge in [0.25, 0.3) is 0 Å². The van der Waals surface area contributed by atoms with Crippen molar-refractivity contribution in [1.29, 1.82) is 0 Å². The van der Waals surface area contributed by atoms with Crippen molar-refractivity contribution in [3.05, 3.63) is 23.8 Å². The van der Waals surface area contributed by atoms with Crippen molar-refractivity contribution in [2.75, 3.05) is 6.54 Å². The fourth-order valence-corrected chi connectivity index (χ4v) is 4.00. The molecule has 3 rings (SSSR count). The number of fused-ring (bicyclic) bond motifs is 2. The van der Waals surface area contributed by atoms with Crippen LogP contribution in [-0.2, 0) is 0 Å². The van der Waals surface area contributed by atoms with Gasteiger partial charge in [-0.3, -0.25) is 0 Å². The van der Waals surface area contributed by atoms with Crippen LogP contribution >= 0.6 is 0 Å². The molecule has 0 aromatic rings. The minimum absolute atomic E-state index is 0.0456. The van der Waals surface area contributed by atoms with Gasteiger partial charge in [0.15, 0.2) is 0 Å². The van der Waals surface area contributed by atoms with Crippen molar-refractivity contribution in [3.63, 3.8) is 0 Å². The molecule has 0 aliphatic heterocycles. The van der Waals surface area contributed by atoms with Gasteiger partial charge in [-0.2, -0.15) is 0 Å². The maximum absolute atomic E-state index is 11.9. The Balaban J connectivity index is 1.24. The largest absolute Gasteiger partial charge is 0.338 e. The Hall–Kier alpha value is -1.25. The zero-order chi connectivity index (χ0) is 13.8. The highest BCUT2D eigenvalue weighted by molar-refractivity contribution is 5.74. The van der Waals surface area contributed by atoms with E-state index < -0.39 is 0 Å². The Labute approximate surface area is 121 Å². The van der Waals surface area contributed by atoms with Gasteiger partial charge >= 0.3 is 6.03 Å². The van der Waals surface area contributed by atoms with Crippen LogP contribution in [0.15, 0.2) is 23.8 Å². The van der Waals surface area contributed by atoms with Gasteiger partial charge in [-0.15, -0.1) is 0 Å². The summed E-state index contributed by atoms with van der Waals surface area (Å²) in [4.78, 5) is 11.9. The third kappa shape index (κ3) is 3.44. The predicted molar refractivity (Wildman–Crippen MR) is 81.5 cm³/mol. The molecule has 2 saturated carbocycles. The van der Waals surface area contributed by atoms with E-state index in [-0.39, 0.29) is 6.03 Å². The van der Waals surface area contributed by atoms with Crippen LogP contribution in [0.5, 0.6) is 0 Å². The quantitative estimate of drug-likeness (QED) is 0.715. The van der Waals surface area contributed by atoms with Crippen LogP contribution in [0, 0.1) is 11.8 Å². The first-order valence-corrected chi connectivity index (χ1v) is 8.20. The minimum Gasteiger partial charge on any atom is -0.338 e. The molecular formula is C17H26N2O.